The molecule has 5 nitrogen and oxygen atoms in total. The Balaban J connectivity index is 1.70. The molecule has 0 saturated heterocycles. The van der Waals surface area contributed by atoms with Gasteiger partial charge in [-0.2, -0.15) is 5.10 Å². The molecule has 0 fully saturated rings. The highest BCUT2D eigenvalue weighted by atomic mass is 16.3. The van der Waals surface area contributed by atoms with Crippen LogP contribution in [-0.4, -0.2) is 27.8 Å². The summed E-state index contributed by atoms with van der Waals surface area (Å²) in [6.45, 7) is 1.85. The summed E-state index contributed by atoms with van der Waals surface area (Å²) < 4.78 is 1.60. The van der Waals surface area contributed by atoms with Crippen molar-refractivity contribution in [2.45, 2.75) is 6.92 Å². The van der Waals surface area contributed by atoms with E-state index >= 15 is 0 Å². The van der Waals surface area contributed by atoms with E-state index in [1.165, 1.54) is 0 Å². The van der Waals surface area contributed by atoms with Gasteiger partial charge in [0.1, 0.15) is 12.3 Å². The third-order valence-corrected chi connectivity index (χ3v) is 3.64. The average Bonchev–Trinajstić information content (AvgIpc) is 2.99. The maximum Gasteiger partial charge on any atom is 0.252 e. The molecule has 0 aliphatic heterocycles. The van der Waals surface area contributed by atoms with Crippen LogP contribution in [0, 0.1) is 0 Å². The normalized spacial score (nSPS) is 11.6. The predicted molar refractivity (Wildman–Crippen MR) is 90.9 cm³/mol. The first-order valence-corrected chi connectivity index (χ1v) is 7.31. The summed E-state index contributed by atoms with van der Waals surface area (Å²) in [7, 11) is 0. The number of phenols is 1. The molecule has 2 N–H and O–H groups in total. The van der Waals surface area contributed by atoms with Gasteiger partial charge in [0.15, 0.2) is 0 Å². The number of carbonyl (C=O) groups is 1. The smallest absolute Gasteiger partial charge is 0.252 e. The number of hydrogen-bond acceptors (Lipinski definition) is 4. The minimum absolute atomic E-state index is 0.0730. The molecule has 3 aromatic rings. The molecule has 0 radical (unpaired) electrons. The number of fused-ring (bicyclic) bond motifs is 1. The van der Waals surface area contributed by atoms with Gasteiger partial charge >= 0.3 is 0 Å². The number of benzene rings is 2. The zero-order chi connectivity index (χ0) is 16.2. The molecule has 0 bridgehead atoms. The second-order valence-electron chi connectivity index (χ2n) is 5.19. The summed E-state index contributed by atoms with van der Waals surface area (Å²) in [5.41, 5.74) is 4.90. The number of carbonyl (C=O) groups excluding carboxylic acids is 1. The number of aromatic nitrogens is 1. The van der Waals surface area contributed by atoms with Gasteiger partial charge in [0.05, 0.1) is 11.2 Å². The minimum Gasteiger partial charge on any atom is -0.507 e. The first-order chi connectivity index (χ1) is 11.2. The lowest BCUT2D eigenvalue weighted by Gasteiger charge is -2.06. The topological polar surface area (TPSA) is 66.6 Å². The van der Waals surface area contributed by atoms with E-state index in [1.54, 1.807) is 35.9 Å². The molecule has 5 heteroatoms. The van der Waals surface area contributed by atoms with Crippen molar-refractivity contribution in [2.75, 3.05) is 6.54 Å². The number of nitrogens with zero attached hydrogens (tertiary/aromatic N) is 2. The van der Waals surface area contributed by atoms with Crippen LogP contribution in [0.25, 0.3) is 10.9 Å². The first kappa shape index (κ1) is 14.8. The molecule has 2 aromatic carbocycles. The molecule has 0 atom stereocenters. The Labute approximate surface area is 133 Å². The average molecular weight is 307 g/mol. The van der Waals surface area contributed by atoms with Crippen molar-refractivity contribution in [3.05, 3.63) is 66.4 Å². The zero-order valence-corrected chi connectivity index (χ0v) is 12.7. The molecular weight excluding hydrogens is 290 g/mol. The van der Waals surface area contributed by atoms with Crippen LogP contribution < -0.4 is 5.43 Å². The summed E-state index contributed by atoms with van der Waals surface area (Å²) in [6.07, 6.45) is 1.76. The fourth-order valence-corrected chi connectivity index (χ4v) is 2.45. The Hall–Kier alpha value is -3.08. The Kier molecular flexibility index (Phi) is 4.10. The van der Waals surface area contributed by atoms with E-state index < -0.39 is 0 Å². The van der Waals surface area contributed by atoms with Crippen molar-refractivity contribution in [2.24, 2.45) is 5.10 Å². The Bertz CT molecular complexity index is 881. The SMILES string of the molecule is C/C(=N\NCC(=O)n1ccc2ccccc21)c1ccccc1O. The van der Waals surface area contributed by atoms with E-state index in [9.17, 15) is 9.90 Å². The summed E-state index contributed by atoms with van der Waals surface area (Å²) in [4.78, 5) is 12.3. The minimum atomic E-state index is -0.0972. The molecular formula is C18H17N3O2. The van der Waals surface area contributed by atoms with Gasteiger partial charge in [-0.05, 0) is 31.2 Å². The molecule has 23 heavy (non-hydrogen) atoms. The Morgan fingerprint density at radius 1 is 1.13 bits per heavy atom. The van der Waals surface area contributed by atoms with Crippen LogP contribution in [0.3, 0.4) is 0 Å². The lowest BCUT2D eigenvalue weighted by atomic mass is 10.1. The molecule has 0 aliphatic carbocycles. The van der Waals surface area contributed by atoms with Crippen LogP contribution in [-0.2, 0) is 0 Å². The van der Waals surface area contributed by atoms with Gasteiger partial charge < -0.3 is 10.5 Å². The van der Waals surface area contributed by atoms with Crippen molar-refractivity contribution < 1.29 is 9.90 Å². The number of para-hydroxylation sites is 2. The molecule has 3 rings (SSSR count). The van der Waals surface area contributed by atoms with E-state index in [2.05, 4.69) is 10.5 Å². The number of hydrazone groups is 1. The van der Waals surface area contributed by atoms with Crippen molar-refractivity contribution in [1.82, 2.24) is 9.99 Å². The number of rotatable bonds is 4. The lowest BCUT2D eigenvalue weighted by Crippen LogP contribution is -2.24. The Morgan fingerprint density at radius 3 is 2.70 bits per heavy atom. The highest BCUT2D eigenvalue weighted by molar-refractivity contribution is 6.01. The molecule has 0 aliphatic rings. The number of phenolic OH excluding ortho intramolecular Hbond substituents is 1. The molecule has 1 heterocycles. The number of hydrogen-bond donors (Lipinski definition) is 2. The molecule has 0 unspecified atom stereocenters. The van der Waals surface area contributed by atoms with E-state index in [1.807, 2.05) is 36.4 Å². The van der Waals surface area contributed by atoms with Crippen molar-refractivity contribution in [3.8, 4) is 5.75 Å². The molecule has 0 saturated carbocycles. The summed E-state index contributed by atoms with van der Waals surface area (Å²) >= 11 is 0. The lowest BCUT2D eigenvalue weighted by molar-refractivity contribution is 0.0918. The second-order valence-corrected chi connectivity index (χ2v) is 5.19. The van der Waals surface area contributed by atoms with Gasteiger partial charge in [-0.15, -0.1) is 0 Å². The fraction of sp³-hybridized carbons (Fsp3) is 0.111. The van der Waals surface area contributed by atoms with E-state index in [4.69, 9.17) is 0 Å². The van der Waals surface area contributed by atoms with Gasteiger partial charge in [-0.3, -0.25) is 9.36 Å². The quantitative estimate of drug-likeness (QED) is 0.575. The van der Waals surface area contributed by atoms with Gasteiger partial charge in [0, 0.05) is 17.1 Å². The maximum atomic E-state index is 12.3. The van der Waals surface area contributed by atoms with Crippen LogP contribution in [0.1, 0.15) is 17.3 Å². The van der Waals surface area contributed by atoms with Crippen molar-refractivity contribution >= 4 is 22.5 Å². The fourth-order valence-electron chi connectivity index (χ4n) is 2.45. The molecule has 116 valence electrons. The predicted octanol–water partition coefficient (Wildman–Crippen LogP) is 3.00. The Morgan fingerprint density at radius 2 is 1.87 bits per heavy atom. The molecule has 0 amide bonds. The number of nitrogens with one attached hydrogen (secondary N) is 1. The molecule has 0 spiro atoms. The van der Waals surface area contributed by atoms with Gasteiger partial charge in [-0.1, -0.05) is 30.3 Å². The largest absolute Gasteiger partial charge is 0.507 e. The van der Waals surface area contributed by atoms with Crippen molar-refractivity contribution in [3.63, 3.8) is 0 Å². The standard InChI is InChI=1S/C18H17N3O2/c1-13(15-7-3-5-9-17(15)22)20-19-12-18(23)21-11-10-14-6-2-4-8-16(14)21/h2-11,19,22H,12H2,1H3/b20-13+. The summed E-state index contributed by atoms with van der Waals surface area (Å²) in [5.74, 6) is 0.0679. The van der Waals surface area contributed by atoms with E-state index in [-0.39, 0.29) is 18.2 Å². The monoisotopic (exact) mass is 307 g/mol. The van der Waals surface area contributed by atoms with Gasteiger partial charge in [-0.25, -0.2) is 0 Å². The zero-order valence-electron chi connectivity index (χ0n) is 12.7. The van der Waals surface area contributed by atoms with Crippen LogP contribution in [0.2, 0.25) is 0 Å². The highest BCUT2D eigenvalue weighted by Gasteiger charge is 2.08. The molecule has 1 aromatic heterocycles. The first-order valence-electron chi connectivity index (χ1n) is 7.31. The van der Waals surface area contributed by atoms with Gasteiger partial charge in [0.25, 0.3) is 5.91 Å². The van der Waals surface area contributed by atoms with Crippen LogP contribution in [0.4, 0.5) is 0 Å². The van der Waals surface area contributed by atoms with Crippen LogP contribution in [0.5, 0.6) is 5.75 Å². The van der Waals surface area contributed by atoms with E-state index in [0.29, 0.717) is 11.3 Å². The number of aromatic hydroxyl groups is 1. The third-order valence-electron chi connectivity index (χ3n) is 3.64. The summed E-state index contributed by atoms with van der Waals surface area (Å²) in [6, 6.07) is 16.6. The highest BCUT2D eigenvalue weighted by Crippen LogP contribution is 2.16. The van der Waals surface area contributed by atoms with Crippen molar-refractivity contribution in [1.29, 1.82) is 0 Å². The van der Waals surface area contributed by atoms with Crippen LogP contribution in [0.15, 0.2) is 65.9 Å². The van der Waals surface area contributed by atoms with Gasteiger partial charge in [0.2, 0.25) is 0 Å². The second kappa shape index (κ2) is 6.36. The maximum absolute atomic E-state index is 12.3. The third kappa shape index (κ3) is 3.08. The van der Waals surface area contributed by atoms with Crippen LogP contribution >= 0.6 is 0 Å². The van der Waals surface area contributed by atoms with E-state index in [0.717, 1.165) is 10.9 Å². The summed E-state index contributed by atoms with van der Waals surface area (Å²) in [5, 5.41) is 15.0.